The van der Waals surface area contributed by atoms with E-state index >= 15 is 0 Å². The summed E-state index contributed by atoms with van der Waals surface area (Å²) in [6.45, 7) is 2.81. The van der Waals surface area contributed by atoms with Crippen molar-refractivity contribution in [1.29, 1.82) is 0 Å². The molecule has 0 N–H and O–H groups in total. The second kappa shape index (κ2) is 7.35. The summed E-state index contributed by atoms with van der Waals surface area (Å²) in [4.78, 5) is 0. The molecule has 0 amide bonds. The maximum Gasteiger partial charge on any atom is 0.249 e. The van der Waals surface area contributed by atoms with Crippen LogP contribution in [0.1, 0.15) is 13.8 Å². The van der Waals surface area contributed by atoms with Crippen LogP contribution in [-0.4, -0.2) is 13.2 Å². The van der Waals surface area contributed by atoms with Gasteiger partial charge in [0.05, 0.1) is 13.2 Å². The third-order valence-corrected chi connectivity index (χ3v) is 2.42. The number of halogens is 2. The van der Waals surface area contributed by atoms with Crippen molar-refractivity contribution in [3.8, 4) is 0 Å². The largest absolute Gasteiger partial charge is 0.408 e. The van der Waals surface area contributed by atoms with Crippen LogP contribution in [0.3, 0.4) is 0 Å². The van der Waals surface area contributed by atoms with Crippen molar-refractivity contribution < 1.29 is 49.7 Å². The van der Waals surface area contributed by atoms with E-state index in [4.69, 9.17) is 0 Å². The molecule has 12 heavy (non-hydrogen) atoms. The molecule has 0 fully saturated rings. The molecule has 3 nitrogen and oxygen atoms in total. The molecule has 0 aliphatic rings. The number of hydrogen-bond donors (Lipinski definition) is 0. The van der Waals surface area contributed by atoms with Crippen LogP contribution in [0.25, 0.3) is 0 Å². The molecule has 0 aliphatic heterocycles. The number of hydrogen-bond acceptors (Lipinski definition) is 3. The summed E-state index contributed by atoms with van der Waals surface area (Å²) in [7, 11) is -4.21. The molecule has 7 heteroatoms. The summed E-state index contributed by atoms with van der Waals surface area (Å²) in [5.41, 5.74) is 0. The average Bonchev–Trinajstić information content (AvgIpc) is 1.88. The molecule has 0 saturated heterocycles. The first-order chi connectivity index (χ1) is 5.06. The molecule has 0 aliphatic carbocycles. The maximum absolute atomic E-state index is 11.9. The van der Waals surface area contributed by atoms with Crippen LogP contribution in [0, 0.1) is 6.17 Å². The van der Waals surface area contributed by atoms with Crippen molar-refractivity contribution in [3.05, 3.63) is 6.17 Å². The second-order valence-corrected chi connectivity index (χ2v) is 3.42. The molecule has 0 unspecified atom stereocenters. The minimum absolute atomic E-state index is 0. The Balaban J connectivity index is 0. The van der Waals surface area contributed by atoms with E-state index in [0.29, 0.717) is 0 Å². The Hall–Kier alpha value is 0.932. The third-order valence-electron chi connectivity index (χ3n) is 0.805. The Bertz CT molecular complexity index is 146. The molecule has 0 radical (unpaired) electrons. The molecule has 0 rings (SSSR count). The Morgan fingerprint density at radius 1 is 1.25 bits per heavy atom. The quantitative estimate of drug-likeness (QED) is 0.445. The van der Waals surface area contributed by atoms with Crippen LogP contribution in [0.2, 0.25) is 0 Å². The van der Waals surface area contributed by atoms with Crippen molar-refractivity contribution >= 4 is 7.60 Å². The summed E-state index contributed by atoms with van der Waals surface area (Å²) in [6, 6.07) is 0. The van der Waals surface area contributed by atoms with Gasteiger partial charge in [0, 0.05) is 27.3 Å². The van der Waals surface area contributed by atoms with E-state index < -0.39 is 13.8 Å². The molecule has 0 heterocycles. The molecular formula is C5H10CdF2O3P-. The zero-order valence-corrected chi connectivity index (χ0v) is 12.0. The molecule has 0 bridgehead atoms. The minimum Gasteiger partial charge on any atom is -0.408 e. The summed E-state index contributed by atoms with van der Waals surface area (Å²) in [6.07, 6.45) is -2.29. The first-order valence-corrected chi connectivity index (χ1v) is 4.68. The van der Waals surface area contributed by atoms with Crippen molar-refractivity contribution in [2.24, 2.45) is 0 Å². The molecule has 0 aromatic heterocycles. The van der Waals surface area contributed by atoms with Crippen LogP contribution >= 0.6 is 7.60 Å². The molecule has 0 aromatic rings. The van der Waals surface area contributed by atoms with Gasteiger partial charge in [-0.3, -0.25) is 4.57 Å². The Morgan fingerprint density at radius 2 is 1.58 bits per heavy atom. The molecule has 0 spiro atoms. The third kappa shape index (κ3) is 4.84. The van der Waals surface area contributed by atoms with Crippen molar-refractivity contribution in [2.75, 3.05) is 13.2 Å². The summed E-state index contributed by atoms with van der Waals surface area (Å²) in [5, 5.41) is 0. The van der Waals surface area contributed by atoms with Gasteiger partial charge in [-0.25, -0.2) is 0 Å². The summed E-state index contributed by atoms with van der Waals surface area (Å²) < 4.78 is 43.2. The van der Waals surface area contributed by atoms with Gasteiger partial charge in [-0.05, 0) is 13.8 Å². The smallest absolute Gasteiger partial charge is 0.249 e. The van der Waals surface area contributed by atoms with E-state index in [1.807, 2.05) is 0 Å². The molecule has 0 atom stereocenters. The van der Waals surface area contributed by atoms with E-state index in [1.54, 1.807) is 0 Å². The molecule has 0 aromatic carbocycles. The fourth-order valence-electron chi connectivity index (χ4n) is 0.475. The van der Waals surface area contributed by atoms with Crippen LogP contribution in [0.5, 0.6) is 0 Å². The Kier molecular flexibility index (Phi) is 9.43. The zero-order chi connectivity index (χ0) is 8.91. The fourth-order valence-corrected chi connectivity index (χ4v) is 1.42. The van der Waals surface area contributed by atoms with E-state index in [0.717, 1.165) is 0 Å². The van der Waals surface area contributed by atoms with Crippen molar-refractivity contribution in [3.63, 3.8) is 0 Å². The van der Waals surface area contributed by atoms with Crippen molar-refractivity contribution in [2.45, 2.75) is 13.8 Å². The first kappa shape index (κ1) is 15.4. The van der Waals surface area contributed by atoms with E-state index in [1.165, 1.54) is 13.8 Å². The minimum atomic E-state index is -4.21. The average molecular weight is 300 g/mol. The van der Waals surface area contributed by atoms with Gasteiger partial charge in [0.1, 0.15) is 6.17 Å². The molecule has 70 valence electrons. The molecule has 0 saturated carbocycles. The van der Waals surface area contributed by atoms with E-state index in [-0.39, 0.29) is 40.5 Å². The SMILES string of the molecule is CCOP(=O)(OCC)[C-](F)F.[Cd]. The van der Waals surface area contributed by atoms with Gasteiger partial charge in [0.25, 0.3) is 0 Å². The van der Waals surface area contributed by atoms with Gasteiger partial charge < -0.3 is 17.8 Å². The van der Waals surface area contributed by atoms with Crippen LogP contribution in [0.15, 0.2) is 0 Å². The van der Waals surface area contributed by atoms with Gasteiger partial charge in [-0.2, -0.15) is 0 Å². The van der Waals surface area contributed by atoms with Gasteiger partial charge in [0.15, 0.2) is 0 Å². The standard InChI is InChI=1S/C5H10F2O3P.Cd/c1-3-9-11(8,5(6)7)10-4-2;/h3-4H2,1-2H3;/q-1;. The van der Waals surface area contributed by atoms with Crippen LogP contribution in [-0.2, 0) is 40.9 Å². The van der Waals surface area contributed by atoms with E-state index in [2.05, 4.69) is 9.05 Å². The fraction of sp³-hybridized carbons (Fsp3) is 0.800. The van der Waals surface area contributed by atoms with Gasteiger partial charge in [0.2, 0.25) is 7.60 Å². The van der Waals surface area contributed by atoms with Gasteiger partial charge in [-0.15, -0.1) is 0 Å². The summed E-state index contributed by atoms with van der Waals surface area (Å²) >= 11 is 0. The first-order valence-electron chi connectivity index (χ1n) is 3.14. The second-order valence-electron chi connectivity index (χ2n) is 1.57. The molecular weight excluding hydrogens is 289 g/mol. The van der Waals surface area contributed by atoms with E-state index in [9.17, 15) is 13.3 Å². The van der Waals surface area contributed by atoms with Crippen LogP contribution in [0.4, 0.5) is 8.78 Å². The monoisotopic (exact) mass is 301 g/mol. The predicted molar refractivity (Wildman–Crippen MR) is 36.3 cm³/mol. The van der Waals surface area contributed by atoms with Crippen LogP contribution < -0.4 is 0 Å². The number of rotatable bonds is 5. The normalized spacial score (nSPS) is 11.4. The Morgan fingerprint density at radius 3 is 1.75 bits per heavy atom. The topological polar surface area (TPSA) is 35.5 Å². The predicted octanol–water partition coefficient (Wildman–Crippen LogP) is 2.64. The Labute approximate surface area is 90.5 Å². The van der Waals surface area contributed by atoms with Gasteiger partial charge >= 0.3 is 0 Å². The van der Waals surface area contributed by atoms with Gasteiger partial charge in [-0.1, -0.05) is 0 Å². The summed E-state index contributed by atoms with van der Waals surface area (Å²) in [5.74, 6) is 0. The maximum atomic E-state index is 11.9. The van der Waals surface area contributed by atoms with Crippen molar-refractivity contribution in [1.82, 2.24) is 0 Å². The zero-order valence-electron chi connectivity index (χ0n) is 7.05.